The number of rotatable bonds is 7. The van der Waals surface area contributed by atoms with Gasteiger partial charge in [-0.3, -0.25) is 10.1 Å². The van der Waals surface area contributed by atoms with Crippen LogP contribution in [0.4, 0.5) is 11.4 Å². The van der Waals surface area contributed by atoms with Crippen LogP contribution < -0.4 is 5.32 Å². The lowest BCUT2D eigenvalue weighted by atomic mass is 10.0. The largest absolute Gasteiger partial charge is 0.381 e. The molecule has 2 aromatic carbocycles. The van der Waals surface area contributed by atoms with Crippen molar-refractivity contribution in [3.63, 3.8) is 0 Å². The molecule has 1 atom stereocenters. The van der Waals surface area contributed by atoms with Gasteiger partial charge in [0.15, 0.2) is 0 Å². The monoisotopic (exact) mass is 331 g/mol. The zero-order chi connectivity index (χ0) is 16.8. The molecule has 0 aliphatic rings. The van der Waals surface area contributed by atoms with E-state index in [1.807, 2.05) is 37.3 Å². The van der Waals surface area contributed by atoms with E-state index < -0.39 is 4.92 Å². The number of non-ortho nitro benzene ring substituents is 1. The van der Waals surface area contributed by atoms with Gasteiger partial charge in [-0.15, -0.1) is 0 Å². The molecule has 0 radical (unpaired) electrons. The topological polar surface area (TPSA) is 79.0 Å². The van der Waals surface area contributed by atoms with Gasteiger partial charge < -0.3 is 10.7 Å². The molecule has 0 aliphatic carbocycles. The standard InChI is InChI=1S/C17H18ClN3O2/c1-12(9-14(19)10-13-5-3-2-4-6-13)20-17-8-7-15(21(22)23)11-16(17)18/h2-8,11-12,19-20H,9-10H2,1H3. The summed E-state index contributed by atoms with van der Waals surface area (Å²) in [6.45, 7) is 1.96. The molecule has 6 heteroatoms. The second kappa shape index (κ2) is 7.74. The Kier molecular flexibility index (Phi) is 5.71. The Hall–Kier alpha value is -2.40. The molecule has 2 rings (SSSR count). The summed E-state index contributed by atoms with van der Waals surface area (Å²) in [7, 11) is 0. The highest BCUT2D eigenvalue weighted by Gasteiger charge is 2.12. The Bertz CT molecular complexity index is 704. The third-order valence-corrected chi connectivity index (χ3v) is 3.69. The van der Waals surface area contributed by atoms with Crippen LogP contribution in [0.25, 0.3) is 0 Å². The van der Waals surface area contributed by atoms with Crippen LogP contribution in [0.3, 0.4) is 0 Å². The third kappa shape index (κ3) is 5.07. The molecule has 120 valence electrons. The second-order valence-electron chi connectivity index (χ2n) is 5.44. The number of benzene rings is 2. The quantitative estimate of drug-likeness (QED) is 0.438. The maximum atomic E-state index is 10.7. The van der Waals surface area contributed by atoms with E-state index in [0.29, 0.717) is 29.3 Å². The van der Waals surface area contributed by atoms with Gasteiger partial charge in [0.1, 0.15) is 0 Å². The van der Waals surface area contributed by atoms with E-state index in [2.05, 4.69) is 5.32 Å². The average Bonchev–Trinajstić information content (AvgIpc) is 2.49. The predicted molar refractivity (Wildman–Crippen MR) is 93.7 cm³/mol. The summed E-state index contributed by atoms with van der Waals surface area (Å²) in [6, 6.07) is 14.2. The number of nitro benzene ring substituents is 1. The van der Waals surface area contributed by atoms with Gasteiger partial charge in [0.25, 0.3) is 5.69 Å². The maximum absolute atomic E-state index is 10.7. The zero-order valence-corrected chi connectivity index (χ0v) is 13.5. The van der Waals surface area contributed by atoms with Crippen LogP contribution in [0.1, 0.15) is 18.9 Å². The highest BCUT2D eigenvalue weighted by Crippen LogP contribution is 2.27. The van der Waals surface area contributed by atoms with E-state index in [0.717, 1.165) is 5.56 Å². The van der Waals surface area contributed by atoms with Gasteiger partial charge in [-0.05, 0) is 18.6 Å². The SMILES string of the molecule is CC(CC(=N)Cc1ccccc1)Nc1ccc([N+](=O)[O-])cc1Cl. The lowest BCUT2D eigenvalue weighted by Crippen LogP contribution is -2.20. The molecule has 2 N–H and O–H groups in total. The number of hydrogen-bond donors (Lipinski definition) is 2. The van der Waals surface area contributed by atoms with Crippen LogP contribution in [0, 0.1) is 15.5 Å². The van der Waals surface area contributed by atoms with Gasteiger partial charge in [-0.25, -0.2) is 0 Å². The molecule has 23 heavy (non-hydrogen) atoms. The van der Waals surface area contributed by atoms with E-state index in [4.69, 9.17) is 17.0 Å². The summed E-state index contributed by atoms with van der Waals surface area (Å²) in [4.78, 5) is 10.2. The zero-order valence-electron chi connectivity index (χ0n) is 12.8. The summed E-state index contributed by atoms with van der Waals surface area (Å²) in [5, 5.41) is 22.3. The minimum absolute atomic E-state index is 0.00479. The van der Waals surface area contributed by atoms with Gasteiger partial charge in [-0.2, -0.15) is 0 Å². The van der Waals surface area contributed by atoms with Gasteiger partial charge in [-0.1, -0.05) is 41.9 Å². The molecule has 0 saturated carbocycles. The average molecular weight is 332 g/mol. The number of nitro groups is 1. The van der Waals surface area contributed by atoms with E-state index in [-0.39, 0.29) is 11.7 Å². The van der Waals surface area contributed by atoms with Crippen molar-refractivity contribution in [2.24, 2.45) is 0 Å². The van der Waals surface area contributed by atoms with Crippen molar-refractivity contribution in [2.75, 3.05) is 5.32 Å². The predicted octanol–water partition coefficient (Wildman–Crippen LogP) is 4.70. The Labute approximate surface area is 140 Å². The summed E-state index contributed by atoms with van der Waals surface area (Å²) in [5.41, 5.74) is 2.33. The molecular formula is C17H18ClN3O2. The maximum Gasteiger partial charge on any atom is 0.271 e. The number of nitrogens with zero attached hydrogens (tertiary/aromatic N) is 1. The van der Waals surface area contributed by atoms with Crippen molar-refractivity contribution < 1.29 is 4.92 Å². The van der Waals surface area contributed by atoms with E-state index in [1.54, 1.807) is 6.07 Å². The fourth-order valence-corrected chi connectivity index (χ4v) is 2.56. The first-order valence-corrected chi connectivity index (χ1v) is 7.64. The van der Waals surface area contributed by atoms with Crippen molar-refractivity contribution in [1.82, 2.24) is 0 Å². The van der Waals surface area contributed by atoms with E-state index in [1.165, 1.54) is 12.1 Å². The molecule has 0 saturated heterocycles. The number of nitrogens with one attached hydrogen (secondary N) is 2. The summed E-state index contributed by atoms with van der Waals surface area (Å²) < 4.78 is 0. The molecule has 5 nitrogen and oxygen atoms in total. The van der Waals surface area contributed by atoms with Crippen molar-refractivity contribution in [3.05, 3.63) is 69.2 Å². The van der Waals surface area contributed by atoms with Gasteiger partial charge in [0.05, 0.1) is 15.6 Å². The van der Waals surface area contributed by atoms with Crippen LogP contribution in [0.15, 0.2) is 48.5 Å². The highest BCUT2D eigenvalue weighted by atomic mass is 35.5. The van der Waals surface area contributed by atoms with Crippen LogP contribution in [0.2, 0.25) is 5.02 Å². The summed E-state index contributed by atoms with van der Waals surface area (Å²) in [6.07, 6.45) is 1.18. The summed E-state index contributed by atoms with van der Waals surface area (Å²) in [5.74, 6) is 0. The van der Waals surface area contributed by atoms with Crippen LogP contribution in [-0.4, -0.2) is 16.7 Å². The Morgan fingerprint density at radius 3 is 2.61 bits per heavy atom. The van der Waals surface area contributed by atoms with E-state index in [9.17, 15) is 10.1 Å². The molecule has 0 spiro atoms. The minimum Gasteiger partial charge on any atom is -0.381 e. The van der Waals surface area contributed by atoms with Crippen LogP contribution in [0.5, 0.6) is 0 Å². The molecular weight excluding hydrogens is 314 g/mol. The van der Waals surface area contributed by atoms with Gasteiger partial charge in [0.2, 0.25) is 0 Å². The highest BCUT2D eigenvalue weighted by molar-refractivity contribution is 6.33. The third-order valence-electron chi connectivity index (χ3n) is 3.38. The van der Waals surface area contributed by atoms with E-state index >= 15 is 0 Å². The summed E-state index contributed by atoms with van der Waals surface area (Å²) >= 11 is 6.06. The Morgan fingerprint density at radius 1 is 1.30 bits per heavy atom. The van der Waals surface area contributed by atoms with Crippen molar-refractivity contribution in [3.8, 4) is 0 Å². The van der Waals surface area contributed by atoms with Gasteiger partial charge in [0, 0.05) is 36.7 Å². The number of anilines is 1. The smallest absolute Gasteiger partial charge is 0.271 e. The van der Waals surface area contributed by atoms with Crippen molar-refractivity contribution in [1.29, 1.82) is 5.41 Å². The van der Waals surface area contributed by atoms with Crippen LogP contribution in [-0.2, 0) is 6.42 Å². The van der Waals surface area contributed by atoms with Gasteiger partial charge >= 0.3 is 0 Å². The first kappa shape index (κ1) is 17.0. The molecule has 1 unspecified atom stereocenters. The second-order valence-corrected chi connectivity index (χ2v) is 5.84. The normalized spacial score (nSPS) is 11.7. The fraction of sp³-hybridized carbons (Fsp3) is 0.235. The fourth-order valence-electron chi connectivity index (χ4n) is 2.34. The Balaban J connectivity index is 1.93. The molecule has 0 aliphatic heterocycles. The number of hydrogen-bond acceptors (Lipinski definition) is 4. The molecule has 0 heterocycles. The minimum atomic E-state index is -0.478. The molecule has 2 aromatic rings. The molecule has 0 fully saturated rings. The first-order valence-electron chi connectivity index (χ1n) is 7.26. The number of halogens is 1. The molecule has 0 amide bonds. The van der Waals surface area contributed by atoms with Crippen LogP contribution >= 0.6 is 11.6 Å². The molecule has 0 aromatic heterocycles. The molecule has 0 bridgehead atoms. The lowest BCUT2D eigenvalue weighted by molar-refractivity contribution is -0.384. The first-order chi connectivity index (χ1) is 11.0. The van der Waals surface area contributed by atoms with Crippen molar-refractivity contribution >= 4 is 28.7 Å². The Morgan fingerprint density at radius 2 is 2.00 bits per heavy atom. The lowest BCUT2D eigenvalue weighted by Gasteiger charge is -2.17. The van der Waals surface area contributed by atoms with Crippen molar-refractivity contribution in [2.45, 2.75) is 25.8 Å².